The molecule has 0 spiro atoms. The van der Waals surface area contributed by atoms with Gasteiger partial charge in [-0.05, 0) is 75.7 Å². The van der Waals surface area contributed by atoms with Gasteiger partial charge in [-0.2, -0.15) is 0 Å². The molecule has 2 atom stereocenters. The van der Waals surface area contributed by atoms with E-state index in [9.17, 15) is 19.2 Å². The van der Waals surface area contributed by atoms with Crippen molar-refractivity contribution in [2.75, 3.05) is 17.5 Å². The summed E-state index contributed by atoms with van der Waals surface area (Å²) in [6.45, 7) is 9.20. The maximum absolute atomic E-state index is 13.1. The molecule has 0 saturated carbocycles. The second-order valence-corrected chi connectivity index (χ2v) is 10.9. The molecule has 0 fully saturated rings. The van der Waals surface area contributed by atoms with Gasteiger partial charge in [0, 0.05) is 25.4 Å². The molecule has 0 radical (unpaired) electrons. The molecule has 36 heavy (non-hydrogen) atoms. The van der Waals surface area contributed by atoms with Gasteiger partial charge in [0.15, 0.2) is 5.78 Å². The van der Waals surface area contributed by atoms with Crippen molar-refractivity contribution in [3.05, 3.63) is 0 Å². The van der Waals surface area contributed by atoms with Crippen LogP contribution >= 0.6 is 22.6 Å². The van der Waals surface area contributed by atoms with E-state index in [1.54, 1.807) is 0 Å². The minimum absolute atomic E-state index is 0.0614. The maximum Gasteiger partial charge on any atom is 0.243 e. The summed E-state index contributed by atoms with van der Waals surface area (Å²) in [5.74, 6) is -0.446. The number of unbranched alkanes of at least 4 members (excludes halogenated alkanes) is 5. The predicted molar refractivity (Wildman–Crippen MR) is 155 cm³/mol. The van der Waals surface area contributed by atoms with Crippen LogP contribution in [0.15, 0.2) is 0 Å². The molecule has 3 amide bonds. The number of rotatable bonds is 23. The quantitative estimate of drug-likeness (QED) is 0.0776. The van der Waals surface area contributed by atoms with Gasteiger partial charge in [0.05, 0.1) is 6.04 Å². The van der Waals surface area contributed by atoms with Crippen LogP contribution in [0, 0.1) is 0 Å². The Hall–Kier alpha value is -1.23. The number of carbonyl (C=O) groups is 4. The van der Waals surface area contributed by atoms with Crippen molar-refractivity contribution in [2.45, 2.75) is 129 Å². The molecule has 0 aliphatic heterocycles. The fourth-order valence-corrected chi connectivity index (χ4v) is 4.29. The van der Waals surface area contributed by atoms with Crippen molar-refractivity contribution >= 4 is 46.1 Å². The summed E-state index contributed by atoms with van der Waals surface area (Å²) >= 11 is 2.31. The Kier molecular flexibility index (Phi) is 22.1. The number of amides is 3. The molecule has 2 unspecified atom stereocenters. The first-order valence-corrected chi connectivity index (χ1v) is 15.4. The van der Waals surface area contributed by atoms with Gasteiger partial charge in [0.2, 0.25) is 17.7 Å². The highest BCUT2D eigenvalue weighted by atomic mass is 127. The van der Waals surface area contributed by atoms with Crippen LogP contribution in [0.5, 0.6) is 0 Å². The number of halogens is 1. The van der Waals surface area contributed by atoms with E-state index in [0.717, 1.165) is 62.3 Å². The Bertz CT molecular complexity index is 631. The molecule has 0 aliphatic rings. The zero-order valence-electron chi connectivity index (χ0n) is 23.1. The third kappa shape index (κ3) is 19.9. The highest BCUT2D eigenvalue weighted by molar-refractivity contribution is 14.1. The summed E-state index contributed by atoms with van der Waals surface area (Å²) < 4.78 is 1.05. The van der Waals surface area contributed by atoms with Crippen LogP contribution in [0.25, 0.3) is 0 Å². The maximum atomic E-state index is 13.1. The highest BCUT2D eigenvalue weighted by Crippen LogP contribution is 2.08. The molecule has 0 heterocycles. The monoisotopic (exact) mass is 622 g/mol. The Labute approximate surface area is 232 Å². The first-order chi connectivity index (χ1) is 17.2. The highest BCUT2D eigenvalue weighted by Gasteiger charge is 2.24. The minimum Gasteiger partial charge on any atom is -0.356 e. The summed E-state index contributed by atoms with van der Waals surface area (Å²) in [4.78, 5) is 49.5. The normalized spacial score (nSPS) is 12.7. The van der Waals surface area contributed by atoms with Crippen molar-refractivity contribution in [3.8, 4) is 0 Å². The molecule has 210 valence electrons. The molecule has 4 N–H and O–H groups in total. The van der Waals surface area contributed by atoms with Gasteiger partial charge >= 0.3 is 0 Å². The molecule has 0 saturated heterocycles. The van der Waals surface area contributed by atoms with E-state index in [2.05, 4.69) is 64.6 Å². The standard InChI is InChI=1S/C27H51IN4O4/c1-5-6-7-17-26(35)31-24(15-10-13-20-30-25(34)16-8-11-18-28)27(36)32-23(22(4)33)14-9-12-19-29-21(2)3/h21,23-24,29H,5-20H2,1-4H3,(H,30,34)(H,31,35)(H,32,36). The molecule has 9 heteroatoms. The van der Waals surface area contributed by atoms with Crippen LogP contribution in [-0.4, -0.2) is 59.1 Å². The lowest BCUT2D eigenvalue weighted by Crippen LogP contribution is -2.51. The van der Waals surface area contributed by atoms with Crippen LogP contribution in [0.1, 0.15) is 111 Å². The van der Waals surface area contributed by atoms with Gasteiger partial charge < -0.3 is 21.3 Å². The van der Waals surface area contributed by atoms with Crippen molar-refractivity contribution in [2.24, 2.45) is 0 Å². The Balaban J connectivity index is 4.76. The SMILES string of the molecule is CCCCCC(=O)NC(CCCCNC(=O)CCCCI)C(=O)NC(CCCCNC(C)C)C(C)=O. The lowest BCUT2D eigenvalue weighted by Gasteiger charge is -2.22. The third-order valence-corrected chi connectivity index (χ3v) is 6.73. The number of carbonyl (C=O) groups excluding carboxylic acids is 4. The summed E-state index contributed by atoms with van der Waals surface area (Å²) in [6, 6.07) is -0.801. The largest absolute Gasteiger partial charge is 0.356 e. The van der Waals surface area contributed by atoms with Crippen molar-refractivity contribution in [1.82, 2.24) is 21.3 Å². The number of alkyl halides is 1. The van der Waals surface area contributed by atoms with Crippen LogP contribution < -0.4 is 21.3 Å². The summed E-state index contributed by atoms with van der Waals surface area (Å²) in [5, 5.41) is 12.0. The van der Waals surface area contributed by atoms with Gasteiger partial charge in [0.1, 0.15) is 6.04 Å². The molecule has 0 aromatic heterocycles. The smallest absolute Gasteiger partial charge is 0.243 e. The molecule has 0 rings (SSSR count). The number of nitrogens with one attached hydrogen (secondary N) is 4. The Morgan fingerprint density at radius 2 is 1.33 bits per heavy atom. The average Bonchev–Trinajstić information content (AvgIpc) is 2.82. The van der Waals surface area contributed by atoms with Gasteiger partial charge in [-0.15, -0.1) is 0 Å². The van der Waals surface area contributed by atoms with Gasteiger partial charge in [-0.3, -0.25) is 19.2 Å². The zero-order chi connectivity index (χ0) is 27.2. The van der Waals surface area contributed by atoms with Crippen LogP contribution in [0.4, 0.5) is 0 Å². The molecule has 0 aromatic carbocycles. The molecular weight excluding hydrogens is 571 g/mol. The van der Waals surface area contributed by atoms with E-state index < -0.39 is 12.1 Å². The molecular formula is C27H51IN4O4. The number of hydrogen-bond acceptors (Lipinski definition) is 5. The number of Topliss-reactive ketones (excluding diaryl/α,β-unsaturated/α-hetero) is 1. The third-order valence-electron chi connectivity index (χ3n) is 5.97. The van der Waals surface area contributed by atoms with E-state index in [4.69, 9.17) is 0 Å². The van der Waals surface area contributed by atoms with Crippen molar-refractivity contribution < 1.29 is 19.2 Å². The van der Waals surface area contributed by atoms with E-state index in [1.165, 1.54) is 6.92 Å². The Morgan fingerprint density at radius 1 is 0.722 bits per heavy atom. The van der Waals surface area contributed by atoms with E-state index >= 15 is 0 Å². The molecule has 0 aromatic rings. The number of ketones is 1. The summed E-state index contributed by atoms with van der Waals surface area (Å²) in [5.41, 5.74) is 0. The van der Waals surface area contributed by atoms with Gasteiger partial charge in [-0.25, -0.2) is 0 Å². The van der Waals surface area contributed by atoms with Crippen LogP contribution in [-0.2, 0) is 19.2 Å². The lowest BCUT2D eigenvalue weighted by molar-refractivity contribution is -0.131. The van der Waals surface area contributed by atoms with Crippen molar-refractivity contribution in [1.29, 1.82) is 0 Å². The minimum atomic E-state index is -0.678. The second-order valence-electron chi connectivity index (χ2n) is 9.85. The van der Waals surface area contributed by atoms with E-state index in [1.807, 2.05) is 0 Å². The Morgan fingerprint density at radius 3 is 1.94 bits per heavy atom. The first-order valence-electron chi connectivity index (χ1n) is 13.9. The summed E-state index contributed by atoms with van der Waals surface area (Å²) in [7, 11) is 0. The second kappa shape index (κ2) is 22.9. The lowest BCUT2D eigenvalue weighted by atomic mass is 10.0. The topological polar surface area (TPSA) is 116 Å². The van der Waals surface area contributed by atoms with Crippen molar-refractivity contribution in [3.63, 3.8) is 0 Å². The van der Waals surface area contributed by atoms with Crippen LogP contribution in [0.2, 0.25) is 0 Å². The molecule has 0 bridgehead atoms. The van der Waals surface area contributed by atoms with Gasteiger partial charge in [0.25, 0.3) is 0 Å². The zero-order valence-corrected chi connectivity index (χ0v) is 25.2. The predicted octanol–water partition coefficient (Wildman–Crippen LogP) is 4.19. The van der Waals surface area contributed by atoms with Gasteiger partial charge in [-0.1, -0.05) is 56.2 Å². The van der Waals surface area contributed by atoms with Crippen LogP contribution in [0.3, 0.4) is 0 Å². The molecule has 0 aliphatic carbocycles. The number of hydrogen-bond donors (Lipinski definition) is 4. The average molecular weight is 623 g/mol. The fourth-order valence-electron chi connectivity index (χ4n) is 3.75. The fraction of sp³-hybridized carbons (Fsp3) is 0.852. The first kappa shape index (κ1) is 34.8. The molecule has 8 nitrogen and oxygen atoms in total. The van der Waals surface area contributed by atoms with E-state index in [0.29, 0.717) is 44.7 Å². The summed E-state index contributed by atoms with van der Waals surface area (Å²) in [6.07, 6.45) is 9.89. The van der Waals surface area contributed by atoms with E-state index in [-0.39, 0.29) is 23.5 Å².